The van der Waals surface area contributed by atoms with Gasteiger partial charge in [-0.15, -0.1) is 0 Å². The topological polar surface area (TPSA) is 63.1 Å². The lowest BCUT2D eigenvalue weighted by Crippen LogP contribution is -2.08. The summed E-state index contributed by atoms with van der Waals surface area (Å²) in [7, 11) is 0. The summed E-state index contributed by atoms with van der Waals surface area (Å²) in [6.45, 7) is 3.77. The van der Waals surface area contributed by atoms with Crippen LogP contribution >= 0.6 is 0 Å². The molecule has 1 aromatic rings. The molecule has 4 heteroatoms. The average molecular weight is 182 g/mol. The Kier molecular flexibility index (Phi) is 4.04. The summed E-state index contributed by atoms with van der Waals surface area (Å²) in [4.78, 5) is 18.3. The summed E-state index contributed by atoms with van der Waals surface area (Å²) in [5, 5.41) is 8.71. The molecule has 0 bridgehead atoms. The molecule has 0 amide bonds. The molecule has 1 N–H and O–H groups in total. The Labute approximate surface area is 77.7 Å². The van der Waals surface area contributed by atoms with E-state index in [2.05, 4.69) is 9.97 Å². The molecule has 13 heavy (non-hydrogen) atoms. The van der Waals surface area contributed by atoms with E-state index in [-0.39, 0.29) is 19.0 Å². The molecule has 0 spiro atoms. The predicted octanol–water partition coefficient (Wildman–Crippen LogP) is 1.93. The molecule has 0 unspecified atom stereocenters. The highest BCUT2D eigenvalue weighted by molar-refractivity contribution is 5.86. The van der Waals surface area contributed by atoms with Gasteiger partial charge in [-0.05, 0) is 5.92 Å². The Balaban J connectivity index is 0.00000144. The summed E-state index contributed by atoms with van der Waals surface area (Å²) < 4.78 is 0. The van der Waals surface area contributed by atoms with Gasteiger partial charge in [-0.2, -0.15) is 0 Å². The Hall–Kier alpha value is -1.45. The lowest BCUT2D eigenvalue weighted by atomic mass is 10.1. The van der Waals surface area contributed by atoms with E-state index < -0.39 is 5.97 Å². The maximum Gasteiger partial charge on any atom is 0.356 e. The summed E-state index contributed by atoms with van der Waals surface area (Å²) >= 11 is 0. The zero-order valence-corrected chi connectivity index (χ0v) is 6.98. The number of nitrogens with zero attached hydrogens (tertiary/aromatic N) is 2. The number of rotatable bonds is 2. The molecule has 0 radical (unpaired) electrons. The molecular weight excluding hydrogens is 168 g/mol. The van der Waals surface area contributed by atoms with E-state index in [0.29, 0.717) is 5.69 Å². The van der Waals surface area contributed by atoms with Gasteiger partial charge < -0.3 is 5.11 Å². The number of carbonyl (C=O) groups is 1. The van der Waals surface area contributed by atoms with Gasteiger partial charge in [0.25, 0.3) is 0 Å². The van der Waals surface area contributed by atoms with E-state index in [1.807, 2.05) is 13.8 Å². The molecule has 0 aromatic carbocycles. The van der Waals surface area contributed by atoms with Gasteiger partial charge in [-0.1, -0.05) is 21.3 Å². The van der Waals surface area contributed by atoms with Crippen molar-refractivity contribution in [1.82, 2.24) is 9.97 Å². The van der Waals surface area contributed by atoms with E-state index in [0.717, 1.165) is 0 Å². The lowest BCUT2D eigenvalue weighted by Gasteiger charge is -2.05. The van der Waals surface area contributed by atoms with E-state index in [4.69, 9.17) is 5.11 Å². The second-order valence-electron chi connectivity index (χ2n) is 2.75. The van der Waals surface area contributed by atoms with Crippen LogP contribution in [-0.2, 0) is 0 Å². The molecule has 1 rings (SSSR count). The smallest absolute Gasteiger partial charge is 0.356 e. The Bertz CT molecular complexity index is 297. The van der Waals surface area contributed by atoms with Gasteiger partial charge in [0.05, 0.1) is 5.69 Å². The third kappa shape index (κ3) is 2.50. The van der Waals surface area contributed by atoms with Crippen molar-refractivity contribution in [1.29, 1.82) is 0 Å². The minimum absolute atomic E-state index is 0. The predicted molar refractivity (Wildman–Crippen MR) is 49.8 cm³/mol. The fourth-order valence-corrected chi connectivity index (χ4v) is 0.936. The van der Waals surface area contributed by atoms with E-state index >= 15 is 0 Å². The Morgan fingerprint density at radius 1 is 1.38 bits per heavy atom. The number of carboxylic acids is 1. The second kappa shape index (κ2) is 4.54. The van der Waals surface area contributed by atoms with Crippen LogP contribution < -0.4 is 0 Å². The Morgan fingerprint density at radius 2 is 1.92 bits per heavy atom. The zero-order chi connectivity index (χ0) is 9.14. The SMILES string of the molecule is C.CC(C)c1nccnc1C(=O)O. The first-order valence-corrected chi connectivity index (χ1v) is 3.67. The Morgan fingerprint density at radius 3 is 2.31 bits per heavy atom. The van der Waals surface area contributed by atoms with Crippen molar-refractivity contribution >= 4 is 5.97 Å². The highest BCUT2D eigenvalue weighted by atomic mass is 16.4. The fourth-order valence-electron chi connectivity index (χ4n) is 0.936. The summed E-state index contributed by atoms with van der Waals surface area (Å²) in [5.41, 5.74) is 0.581. The highest BCUT2D eigenvalue weighted by Crippen LogP contribution is 2.13. The molecule has 0 saturated heterocycles. The monoisotopic (exact) mass is 182 g/mol. The number of hydrogen-bond donors (Lipinski definition) is 1. The third-order valence-electron chi connectivity index (χ3n) is 1.48. The number of aromatic nitrogens is 2. The molecule has 0 aliphatic rings. The highest BCUT2D eigenvalue weighted by Gasteiger charge is 2.14. The van der Waals surface area contributed by atoms with E-state index in [1.54, 1.807) is 0 Å². The first-order chi connectivity index (χ1) is 5.63. The summed E-state index contributed by atoms with van der Waals surface area (Å²) in [5.74, 6) is -0.934. The summed E-state index contributed by atoms with van der Waals surface area (Å²) in [6.07, 6.45) is 2.89. The van der Waals surface area contributed by atoms with Gasteiger partial charge in [0.15, 0.2) is 5.69 Å². The molecule has 0 fully saturated rings. The van der Waals surface area contributed by atoms with Crippen LogP contribution in [0.25, 0.3) is 0 Å². The largest absolute Gasteiger partial charge is 0.476 e. The van der Waals surface area contributed by atoms with Crippen molar-refractivity contribution in [2.45, 2.75) is 27.2 Å². The molecular formula is C9H14N2O2. The minimum atomic E-state index is -1.02. The average Bonchev–Trinajstić information content (AvgIpc) is 2.04. The fraction of sp³-hybridized carbons (Fsp3) is 0.444. The van der Waals surface area contributed by atoms with Crippen molar-refractivity contribution in [2.24, 2.45) is 0 Å². The molecule has 0 saturated carbocycles. The second-order valence-corrected chi connectivity index (χ2v) is 2.75. The van der Waals surface area contributed by atoms with Crippen LogP contribution in [0.15, 0.2) is 12.4 Å². The molecule has 1 aromatic heterocycles. The number of aromatic carboxylic acids is 1. The van der Waals surface area contributed by atoms with E-state index in [9.17, 15) is 4.79 Å². The quantitative estimate of drug-likeness (QED) is 0.759. The van der Waals surface area contributed by atoms with Crippen LogP contribution in [-0.4, -0.2) is 21.0 Å². The lowest BCUT2D eigenvalue weighted by molar-refractivity contribution is 0.0688. The maximum atomic E-state index is 10.6. The van der Waals surface area contributed by atoms with Crippen molar-refractivity contribution in [3.8, 4) is 0 Å². The van der Waals surface area contributed by atoms with Crippen molar-refractivity contribution in [3.63, 3.8) is 0 Å². The molecule has 0 atom stereocenters. The van der Waals surface area contributed by atoms with Gasteiger partial charge >= 0.3 is 5.97 Å². The third-order valence-corrected chi connectivity index (χ3v) is 1.48. The van der Waals surface area contributed by atoms with Crippen LogP contribution in [0.3, 0.4) is 0 Å². The van der Waals surface area contributed by atoms with Gasteiger partial charge in [0.1, 0.15) is 0 Å². The number of carboxylic acid groups (broad SMARTS) is 1. The van der Waals surface area contributed by atoms with Gasteiger partial charge in [0.2, 0.25) is 0 Å². The zero-order valence-electron chi connectivity index (χ0n) is 6.98. The van der Waals surface area contributed by atoms with Crippen molar-refractivity contribution in [3.05, 3.63) is 23.8 Å². The standard InChI is InChI=1S/C8H10N2O2.CH4/c1-5(2)6-7(8(11)12)10-4-3-9-6;/h3-5H,1-2H3,(H,11,12);1H4. The van der Waals surface area contributed by atoms with E-state index in [1.165, 1.54) is 12.4 Å². The minimum Gasteiger partial charge on any atom is -0.476 e. The van der Waals surface area contributed by atoms with Crippen LogP contribution in [0.1, 0.15) is 43.4 Å². The van der Waals surface area contributed by atoms with Gasteiger partial charge in [-0.3, -0.25) is 4.98 Å². The van der Waals surface area contributed by atoms with Crippen molar-refractivity contribution < 1.29 is 9.90 Å². The first kappa shape index (κ1) is 11.6. The van der Waals surface area contributed by atoms with Crippen LogP contribution in [0.5, 0.6) is 0 Å². The van der Waals surface area contributed by atoms with Gasteiger partial charge in [0, 0.05) is 12.4 Å². The van der Waals surface area contributed by atoms with Crippen LogP contribution in [0.2, 0.25) is 0 Å². The van der Waals surface area contributed by atoms with Crippen LogP contribution in [0, 0.1) is 0 Å². The maximum absolute atomic E-state index is 10.6. The first-order valence-electron chi connectivity index (χ1n) is 3.67. The van der Waals surface area contributed by atoms with Crippen molar-refractivity contribution in [2.75, 3.05) is 0 Å². The molecule has 1 heterocycles. The molecule has 72 valence electrons. The van der Waals surface area contributed by atoms with Crippen LogP contribution in [0.4, 0.5) is 0 Å². The normalized spacial score (nSPS) is 9.46. The molecule has 0 aliphatic carbocycles. The summed E-state index contributed by atoms with van der Waals surface area (Å²) in [6, 6.07) is 0. The molecule has 0 aliphatic heterocycles. The number of hydrogen-bond acceptors (Lipinski definition) is 3. The van der Waals surface area contributed by atoms with Gasteiger partial charge in [-0.25, -0.2) is 9.78 Å². The molecule has 4 nitrogen and oxygen atoms in total.